The van der Waals surface area contributed by atoms with Crippen LogP contribution in [0.15, 0.2) is 41.1 Å². The van der Waals surface area contributed by atoms with Crippen LogP contribution in [-0.4, -0.2) is 18.1 Å². The minimum absolute atomic E-state index is 0.344. The fourth-order valence-electron chi connectivity index (χ4n) is 1.72. The van der Waals surface area contributed by atoms with Crippen molar-refractivity contribution in [2.75, 3.05) is 12.4 Å². The monoisotopic (exact) mass is 246 g/mol. The molecular weight excluding hydrogens is 228 g/mol. The number of methoxy groups -OCH3 is 1. The van der Waals surface area contributed by atoms with E-state index >= 15 is 0 Å². The lowest BCUT2D eigenvalue weighted by molar-refractivity contribution is 0.413. The number of pyridine rings is 1. The molecule has 18 heavy (non-hydrogen) atoms. The summed E-state index contributed by atoms with van der Waals surface area (Å²) in [6.45, 7) is 2.13. The Morgan fingerprint density at radius 3 is 2.89 bits per heavy atom. The van der Waals surface area contributed by atoms with Crippen molar-refractivity contribution < 1.29 is 9.15 Å². The number of anilines is 1. The second-order valence-electron chi connectivity index (χ2n) is 4.25. The predicted molar refractivity (Wildman–Crippen MR) is 70.9 cm³/mol. The number of furan rings is 1. The van der Waals surface area contributed by atoms with Gasteiger partial charge in [-0.05, 0) is 37.6 Å². The zero-order valence-corrected chi connectivity index (χ0v) is 10.7. The standard InChI is InChI=1S/C14H18N2O2/c1-11(5-6-12-4-3-9-18-12)16-14-8-7-13(17-2)10-15-14/h3-4,7-11H,5-6H2,1-2H3,(H,15,16). The first-order chi connectivity index (χ1) is 8.78. The van der Waals surface area contributed by atoms with Gasteiger partial charge in [0.2, 0.25) is 0 Å². The molecule has 1 unspecified atom stereocenters. The van der Waals surface area contributed by atoms with E-state index in [1.165, 1.54) is 0 Å². The Kier molecular flexibility index (Phi) is 4.23. The maximum Gasteiger partial charge on any atom is 0.137 e. The summed E-state index contributed by atoms with van der Waals surface area (Å²) in [7, 11) is 1.64. The van der Waals surface area contributed by atoms with Crippen LogP contribution < -0.4 is 10.1 Å². The molecule has 4 nitrogen and oxygen atoms in total. The average Bonchev–Trinajstić information content (AvgIpc) is 2.90. The van der Waals surface area contributed by atoms with Crippen molar-refractivity contribution in [1.29, 1.82) is 0 Å². The summed E-state index contributed by atoms with van der Waals surface area (Å²) in [4.78, 5) is 4.27. The average molecular weight is 246 g/mol. The molecule has 0 saturated carbocycles. The maximum atomic E-state index is 5.30. The third kappa shape index (κ3) is 3.52. The molecule has 0 bridgehead atoms. The van der Waals surface area contributed by atoms with E-state index in [-0.39, 0.29) is 0 Å². The SMILES string of the molecule is COc1ccc(NC(C)CCc2ccco2)nc1. The molecule has 0 aliphatic rings. The van der Waals surface area contributed by atoms with Crippen LogP contribution in [0.2, 0.25) is 0 Å². The maximum absolute atomic E-state index is 5.30. The third-order valence-corrected chi connectivity index (χ3v) is 2.77. The summed E-state index contributed by atoms with van der Waals surface area (Å²) >= 11 is 0. The van der Waals surface area contributed by atoms with Crippen LogP contribution in [0.3, 0.4) is 0 Å². The molecule has 4 heteroatoms. The quantitative estimate of drug-likeness (QED) is 0.850. The van der Waals surface area contributed by atoms with Gasteiger partial charge in [0, 0.05) is 12.5 Å². The van der Waals surface area contributed by atoms with Crippen molar-refractivity contribution in [3.63, 3.8) is 0 Å². The summed E-state index contributed by atoms with van der Waals surface area (Å²) in [5.74, 6) is 2.65. The predicted octanol–water partition coefficient (Wildman–Crippen LogP) is 3.12. The Hall–Kier alpha value is -1.97. The zero-order valence-electron chi connectivity index (χ0n) is 10.7. The smallest absolute Gasteiger partial charge is 0.137 e. The summed E-state index contributed by atoms with van der Waals surface area (Å²) < 4.78 is 10.4. The van der Waals surface area contributed by atoms with Crippen LogP contribution in [0.4, 0.5) is 5.82 Å². The van der Waals surface area contributed by atoms with Crippen molar-refractivity contribution in [1.82, 2.24) is 4.98 Å². The number of rotatable bonds is 6. The second kappa shape index (κ2) is 6.10. The van der Waals surface area contributed by atoms with Gasteiger partial charge in [0.1, 0.15) is 17.3 Å². The van der Waals surface area contributed by atoms with Crippen molar-refractivity contribution in [3.05, 3.63) is 42.5 Å². The largest absolute Gasteiger partial charge is 0.495 e. The minimum Gasteiger partial charge on any atom is -0.495 e. The van der Waals surface area contributed by atoms with E-state index in [0.29, 0.717) is 6.04 Å². The van der Waals surface area contributed by atoms with Crippen LogP contribution in [0.1, 0.15) is 19.1 Å². The van der Waals surface area contributed by atoms with E-state index in [4.69, 9.17) is 9.15 Å². The summed E-state index contributed by atoms with van der Waals surface area (Å²) in [6, 6.07) is 8.07. The molecule has 0 saturated heterocycles. The van der Waals surface area contributed by atoms with Crippen molar-refractivity contribution in [3.8, 4) is 5.75 Å². The van der Waals surface area contributed by atoms with E-state index < -0.39 is 0 Å². The highest BCUT2D eigenvalue weighted by Gasteiger charge is 2.05. The number of hydrogen-bond acceptors (Lipinski definition) is 4. The van der Waals surface area contributed by atoms with Crippen LogP contribution in [0.25, 0.3) is 0 Å². The molecule has 2 aromatic heterocycles. The summed E-state index contributed by atoms with van der Waals surface area (Å²) in [6.07, 6.45) is 5.35. The molecule has 0 fully saturated rings. The molecule has 0 radical (unpaired) electrons. The van der Waals surface area contributed by atoms with Gasteiger partial charge in [0.15, 0.2) is 0 Å². The molecule has 0 aromatic carbocycles. The zero-order chi connectivity index (χ0) is 12.8. The second-order valence-corrected chi connectivity index (χ2v) is 4.25. The topological polar surface area (TPSA) is 47.3 Å². The first-order valence-electron chi connectivity index (χ1n) is 6.07. The van der Waals surface area contributed by atoms with Crippen LogP contribution in [0.5, 0.6) is 5.75 Å². The highest BCUT2D eigenvalue weighted by atomic mass is 16.5. The van der Waals surface area contributed by atoms with Gasteiger partial charge in [-0.15, -0.1) is 0 Å². The number of hydrogen-bond donors (Lipinski definition) is 1. The number of aryl methyl sites for hydroxylation is 1. The Morgan fingerprint density at radius 1 is 1.39 bits per heavy atom. The van der Waals surface area contributed by atoms with Crippen LogP contribution in [0, 0.1) is 0 Å². The normalized spacial score (nSPS) is 12.1. The van der Waals surface area contributed by atoms with Gasteiger partial charge in [-0.2, -0.15) is 0 Å². The van der Waals surface area contributed by atoms with Crippen LogP contribution in [-0.2, 0) is 6.42 Å². The molecule has 0 aliphatic heterocycles. The van der Waals surface area contributed by atoms with Crippen molar-refractivity contribution in [2.45, 2.75) is 25.8 Å². The Bertz CT molecular complexity index is 451. The van der Waals surface area contributed by atoms with E-state index in [9.17, 15) is 0 Å². The van der Waals surface area contributed by atoms with Gasteiger partial charge in [0.05, 0.1) is 19.6 Å². The fraction of sp³-hybridized carbons (Fsp3) is 0.357. The fourth-order valence-corrected chi connectivity index (χ4v) is 1.72. The number of nitrogens with zero attached hydrogens (tertiary/aromatic N) is 1. The lowest BCUT2D eigenvalue weighted by Gasteiger charge is -2.13. The van der Waals surface area contributed by atoms with Gasteiger partial charge >= 0.3 is 0 Å². The number of aromatic nitrogens is 1. The van der Waals surface area contributed by atoms with Gasteiger partial charge in [-0.1, -0.05) is 0 Å². The molecule has 1 atom stereocenters. The summed E-state index contributed by atoms with van der Waals surface area (Å²) in [5, 5.41) is 3.35. The molecule has 2 rings (SSSR count). The van der Waals surface area contributed by atoms with Gasteiger partial charge < -0.3 is 14.5 Å². The molecule has 0 spiro atoms. The van der Waals surface area contributed by atoms with E-state index in [1.807, 2.05) is 24.3 Å². The Labute approximate surface area is 107 Å². The van der Waals surface area contributed by atoms with Crippen LogP contribution >= 0.6 is 0 Å². The minimum atomic E-state index is 0.344. The molecular formula is C14H18N2O2. The van der Waals surface area contributed by atoms with Gasteiger partial charge in [0.25, 0.3) is 0 Å². The lowest BCUT2D eigenvalue weighted by Crippen LogP contribution is -2.16. The highest BCUT2D eigenvalue weighted by molar-refractivity contribution is 5.38. The van der Waals surface area contributed by atoms with Crippen molar-refractivity contribution >= 4 is 5.82 Å². The summed E-state index contributed by atoms with van der Waals surface area (Å²) in [5.41, 5.74) is 0. The molecule has 1 N–H and O–H groups in total. The lowest BCUT2D eigenvalue weighted by atomic mass is 10.1. The van der Waals surface area contributed by atoms with Crippen molar-refractivity contribution in [2.24, 2.45) is 0 Å². The number of ether oxygens (including phenoxy) is 1. The molecule has 0 amide bonds. The Morgan fingerprint density at radius 2 is 2.28 bits per heavy atom. The van der Waals surface area contributed by atoms with Gasteiger partial charge in [-0.25, -0.2) is 4.98 Å². The van der Waals surface area contributed by atoms with E-state index in [0.717, 1.165) is 30.2 Å². The first-order valence-corrected chi connectivity index (χ1v) is 6.07. The van der Waals surface area contributed by atoms with E-state index in [2.05, 4.69) is 17.2 Å². The highest BCUT2D eigenvalue weighted by Crippen LogP contribution is 2.13. The first kappa shape index (κ1) is 12.5. The molecule has 2 heterocycles. The number of nitrogens with one attached hydrogen (secondary N) is 1. The Balaban J connectivity index is 1.80. The molecule has 96 valence electrons. The van der Waals surface area contributed by atoms with E-state index in [1.54, 1.807) is 19.6 Å². The van der Waals surface area contributed by atoms with Gasteiger partial charge in [-0.3, -0.25) is 0 Å². The third-order valence-electron chi connectivity index (χ3n) is 2.77. The molecule has 2 aromatic rings. The molecule has 0 aliphatic carbocycles.